The Morgan fingerprint density at radius 1 is 0.976 bits per heavy atom. The van der Waals surface area contributed by atoms with Crippen molar-refractivity contribution in [3.8, 4) is 11.5 Å². The van der Waals surface area contributed by atoms with E-state index >= 15 is 0 Å². The number of aromatic hydroxyl groups is 1. The Kier molecular flexibility index (Phi) is 8.40. The van der Waals surface area contributed by atoms with Gasteiger partial charge in [-0.15, -0.1) is 0 Å². The molecule has 0 bridgehead atoms. The van der Waals surface area contributed by atoms with E-state index in [9.17, 15) is 14.7 Å². The van der Waals surface area contributed by atoms with Crippen molar-refractivity contribution < 1.29 is 19.4 Å². The number of fused-ring (bicyclic) bond motifs is 1. The number of rotatable bonds is 7. The van der Waals surface area contributed by atoms with E-state index in [-0.39, 0.29) is 28.8 Å². The maximum atomic E-state index is 13.0. The van der Waals surface area contributed by atoms with Gasteiger partial charge in [0.1, 0.15) is 11.5 Å². The number of hydrogen-bond donors (Lipinski definition) is 2. The normalized spacial score (nSPS) is 13.5. The van der Waals surface area contributed by atoms with Gasteiger partial charge in [0.05, 0.1) is 11.2 Å². The number of hydrogen-bond acceptors (Lipinski definition) is 6. The highest BCUT2D eigenvalue weighted by Gasteiger charge is 2.23. The zero-order valence-electron chi connectivity index (χ0n) is 22.9. The molecule has 0 saturated carbocycles. The lowest BCUT2D eigenvalue weighted by atomic mass is 10.0. The van der Waals surface area contributed by atoms with Crippen LogP contribution in [0.4, 0.5) is 5.69 Å². The molecule has 1 aliphatic heterocycles. The average Bonchev–Trinajstić information content (AvgIpc) is 2.99. The van der Waals surface area contributed by atoms with Gasteiger partial charge in [0.25, 0.3) is 11.8 Å². The second kappa shape index (κ2) is 12.3. The highest BCUT2D eigenvalue weighted by atomic mass is 35.5. The second-order valence-electron chi connectivity index (χ2n) is 10.0. The summed E-state index contributed by atoms with van der Waals surface area (Å²) in [4.78, 5) is 29.6. The summed E-state index contributed by atoms with van der Waals surface area (Å²) in [6.07, 6.45) is 1.55. The molecule has 1 saturated heterocycles. The van der Waals surface area contributed by atoms with Crippen molar-refractivity contribution >= 4 is 46.1 Å². The van der Waals surface area contributed by atoms with Crippen molar-refractivity contribution in [3.63, 3.8) is 0 Å². The third-order valence-corrected chi connectivity index (χ3v) is 7.49. The third kappa shape index (κ3) is 6.44. The summed E-state index contributed by atoms with van der Waals surface area (Å²) in [6, 6.07) is 21.9. The number of anilines is 1. The van der Waals surface area contributed by atoms with Gasteiger partial charge >= 0.3 is 0 Å². The number of ether oxygens (including phenoxy) is 1. The SMILES string of the molecule is Cc1ccc(C)c(N2CCN(C(=O)COc3ccc(C=NNC(=O)c4ccc(O)c(Cl)c4)c4ccccc34)CC2)c1. The summed E-state index contributed by atoms with van der Waals surface area (Å²) >= 11 is 5.89. The summed E-state index contributed by atoms with van der Waals surface area (Å²) < 4.78 is 6.01. The largest absolute Gasteiger partial charge is 0.506 e. The van der Waals surface area contributed by atoms with Gasteiger partial charge in [-0.1, -0.05) is 48.0 Å². The van der Waals surface area contributed by atoms with Crippen molar-refractivity contribution in [3.05, 3.63) is 100 Å². The second-order valence-corrected chi connectivity index (χ2v) is 10.4. The Hall–Kier alpha value is -4.56. The Balaban J connectivity index is 1.20. The van der Waals surface area contributed by atoms with Crippen LogP contribution in [0.3, 0.4) is 0 Å². The molecule has 0 unspecified atom stereocenters. The van der Waals surface area contributed by atoms with E-state index in [1.165, 1.54) is 35.0 Å². The average molecular weight is 571 g/mol. The van der Waals surface area contributed by atoms with Crippen molar-refractivity contribution in [1.82, 2.24) is 10.3 Å². The fraction of sp³-hybridized carbons (Fsp3) is 0.219. The lowest BCUT2D eigenvalue weighted by molar-refractivity contribution is -0.133. The molecule has 0 atom stereocenters. The van der Waals surface area contributed by atoms with Gasteiger partial charge in [0.2, 0.25) is 0 Å². The molecule has 2 amide bonds. The highest BCUT2D eigenvalue weighted by Crippen LogP contribution is 2.28. The van der Waals surface area contributed by atoms with Crippen molar-refractivity contribution in [2.45, 2.75) is 13.8 Å². The number of halogens is 1. The van der Waals surface area contributed by atoms with E-state index in [0.29, 0.717) is 18.8 Å². The molecule has 4 aromatic carbocycles. The Labute approximate surface area is 243 Å². The molecule has 1 heterocycles. The number of aryl methyl sites for hydroxylation is 2. The van der Waals surface area contributed by atoms with E-state index in [1.807, 2.05) is 35.2 Å². The molecule has 0 aromatic heterocycles. The minimum absolute atomic E-state index is 0.0441. The smallest absolute Gasteiger partial charge is 0.271 e. The predicted octanol–water partition coefficient (Wildman–Crippen LogP) is 5.31. The molecule has 1 fully saturated rings. The van der Waals surface area contributed by atoms with Crippen LogP contribution in [0.1, 0.15) is 27.0 Å². The Morgan fingerprint density at radius 2 is 1.73 bits per heavy atom. The van der Waals surface area contributed by atoms with Crippen molar-refractivity contribution in [2.75, 3.05) is 37.7 Å². The van der Waals surface area contributed by atoms with Crippen LogP contribution in [0, 0.1) is 13.8 Å². The standard InChI is InChI=1S/C32H31ClN4O4/c1-21-7-8-22(2)28(17-21)36-13-15-37(16-14-36)31(39)20-41-30-12-10-24(25-5-3-4-6-26(25)30)19-34-35-32(40)23-9-11-29(38)27(33)18-23/h3-12,17-19,38H,13-16,20H2,1-2H3,(H,35,40). The van der Waals surface area contributed by atoms with Crippen LogP contribution in [0.25, 0.3) is 10.8 Å². The van der Waals surface area contributed by atoms with E-state index in [1.54, 1.807) is 12.3 Å². The molecule has 0 radical (unpaired) electrons. The number of carbonyl (C=O) groups excluding carboxylic acids is 2. The molecule has 0 spiro atoms. The molecule has 9 heteroatoms. The van der Waals surface area contributed by atoms with Gasteiger partial charge in [0.15, 0.2) is 6.61 Å². The van der Waals surface area contributed by atoms with Gasteiger partial charge in [0, 0.05) is 48.4 Å². The number of hydrazone groups is 1. The molecule has 4 aromatic rings. The van der Waals surface area contributed by atoms with Crippen LogP contribution in [-0.2, 0) is 4.79 Å². The van der Waals surface area contributed by atoms with Crippen LogP contribution < -0.4 is 15.1 Å². The maximum Gasteiger partial charge on any atom is 0.271 e. The number of carbonyl (C=O) groups is 2. The van der Waals surface area contributed by atoms with E-state index in [0.717, 1.165) is 29.4 Å². The topological polar surface area (TPSA) is 94.5 Å². The number of nitrogens with zero attached hydrogens (tertiary/aromatic N) is 3. The number of nitrogens with one attached hydrogen (secondary N) is 1. The first-order valence-electron chi connectivity index (χ1n) is 13.4. The number of piperazine rings is 1. The van der Waals surface area contributed by atoms with Crippen LogP contribution in [0.2, 0.25) is 5.02 Å². The maximum absolute atomic E-state index is 13.0. The zero-order valence-corrected chi connectivity index (χ0v) is 23.7. The first kappa shape index (κ1) is 28.0. The quantitative estimate of drug-likeness (QED) is 0.232. The fourth-order valence-corrected chi connectivity index (χ4v) is 5.07. The van der Waals surface area contributed by atoms with Crippen LogP contribution in [0.15, 0.2) is 77.9 Å². The van der Waals surface area contributed by atoms with E-state index in [4.69, 9.17) is 16.3 Å². The Morgan fingerprint density at radius 3 is 2.49 bits per heavy atom. The van der Waals surface area contributed by atoms with Crippen LogP contribution in [0.5, 0.6) is 11.5 Å². The zero-order chi connectivity index (χ0) is 28.9. The number of phenols is 1. The van der Waals surface area contributed by atoms with Crippen molar-refractivity contribution in [2.24, 2.45) is 5.10 Å². The Bertz CT molecular complexity index is 1630. The lowest BCUT2D eigenvalue weighted by Gasteiger charge is -2.37. The minimum Gasteiger partial charge on any atom is -0.506 e. The molecule has 5 rings (SSSR count). The van der Waals surface area contributed by atoms with E-state index in [2.05, 4.69) is 47.5 Å². The lowest BCUT2D eigenvalue weighted by Crippen LogP contribution is -2.50. The monoisotopic (exact) mass is 570 g/mol. The molecule has 2 N–H and O–H groups in total. The number of phenolic OH excluding ortho intramolecular Hbond substituents is 1. The first-order valence-corrected chi connectivity index (χ1v) is 13.7. The molecular formula is C32H31ClN4O4. The summed E-state index contributed by atoms with van der Waals surface area (Å²) in [6.45, 7) is 7.02. The summed E-state index contributed by atoms with van der Waals surface area (Å²) in [7, 11) is 0. The van der Waals surface area contributed by atoms with E-state index < -0.39 is 5.91 Å². The molecular weight excluding hydrogens is 540 g/mol. The van der Waals surface area contributed by atoms with Gasteiger partial charge in [-0.3, -0.25) is 9.59 Å². The molecule has 8 nitrogen and oxygen atoms in total. The fourth-order valence-electron chi connectivity index (χ4n) is 4.89. The molecule has 0 aliphatic carbocycles. The number of benzene rings is 4. The highest BCUT2D eigenvalue weighted by molar-refractivity contribution is 6.32. The van der Waals surface area contributed by atoms with Gasteiger partial charge in [-0.05, 0) is 66.8 Å². The summed E-state index contributed by atoms with van der Waals surface area (Å²) in [5.41, 5.74) is 7.21. The molecule has 41 heavy (non-hydrogen) atoms. The predicted molar refractivity (Wildman–Crippen MR) is 162 cm³/mol. The molecule has 1 aliphatic rings. The van der Waals surface area contributed by atoms with Gasteiger partial charge < -0.3 is 19.6 Å². The first-order chi connectivity index (χ1) is 19.8. The minimum atomic E-state index is -0.458. The van der Waals surface area contributed by atoms with Gasteiger partial charge in [-0.25, -0.2) is 5.43 Å². The summed E-state index contributed by atoms with van der Waals surface area (Å²) in [5.74, 6) is -0.000918. The van der Waals surface area contributed by atoms with Crippen molar-refractivity contribution in [1.29, 1.82) is 0 Å². The van der Waals surface area contributed by atoms with Crippen LogP contribution >= 0.6 is 11.6 Å². The summed E-state index contributed by atoms with van der Waals surface area (Å²) in [5, 5.41) is 15.4. The number of amides is 2. The molecule has 210 valence electrons. The third-order valence-electron chi connectivity index (χ3n) is 7.19. The van der Waals surface area contributed by atoms with Crippen LogP contribution in [-0.4, -0.2) is 60.8 Å². The van der Waals surface area contributed by atoms with Gasteiger partial charge in [-0.2, -0.15) is 5.10 Å².